The van der Waals surface area contributed by atoms with Crippen molar-refractivity contribution in [2.24, 2.45) is 0 Å². The van der Waals surface area contributed by atoms with Crippen LogP contribution in [-0.4, -0.2) is 32.5 Å². The molecule has 1 aliphatic rings. The van der Waals surface area contributed by atoms with E-state index >= 15 is 0 Å². The van der Waals surface area contributed by atoms with E-state index < -0.39 is 0 Å². The van der Waals surface area contributed by atoms with E-state index in [1.54, 1.807) is 14.2 Å². The first-order chi connectivity index (χ1) is 12.7. The Hall–Kier alpha value is -2.24. The SMILES string of the molecule is COc1cc(/C=C\c2ccc(B3OC(C)(C)C(C)(C)O3)cc2)cc(OC)c1. The summed E-state index contributed by atoms with van der Waals surface area (Å²) in [5, 5.41) is 0. The normalized spacial score (nSPS) is 18.1. The molecule has 0 aliphatic carbocycles. The summed E-state index contributed by atoms with van der Waals surface area (Å²) < 4.78 is 22.8. The fourth-order valence-electron chi connectivity index (χ4n) is 2.86. The van der Waals surface area contributed by atoms with E-state index in [2.05, 4.69) is 45.9 Å². The maximum atomic E-state index is 6.10. The van der Waals surface area contributed by atoms with Gasteiger partial charge in [0.25, 0.3) is 0 Å². The summed E-state index contributed by atoms with van der Waals surface area (Å²) in [5.74, 6) is 1.54. The monoisotopic (exact) mass is 366 g/mol. The van der Waals surface area contributed by atoms with Crippen molar-refractivity contribution in [2.75, 3.05) is 14.2 Å². The average molecular weight is 366 g/mol. The van der Waals surface area contributed by atoms with Crippen LogP contribution >= 0.6 is 0 Å². The number of rotatable bonds is 5. The first-order valence-electron chi connectivity index (χ1n) is 9.11. The minimum Gasteiger partial charge on any atom is -0.497 e. The number of hydrogen-bond acceptors (Lipinski definition) is 4. The molecule has 0 unspecified atom stereocenters. The molecule has 0 aromatic heterocycles. The lowest BCUT2D eigenvalue weighted by Gasteiger charge is -2.32. The Bertz CT molecular complexity index is 786. The molecule has 1 fully saturated rings. The van der Waals surface area contributed by atoms with Crippen LogP contribution in [0.15, 0.2) is 42.5 Å². The molecule has 0 radical (unpaired) electrons. The Balaban J connectivity index is 1.74. The molecule has 2 aromatic carbocycles. The second kappa shape index (κ2) is 7.41. The molecule has 1 saturated heterocycles. The van der Waals surface area contributed by atoms with Crippen molar-refractivity contribution in [1.82, 2.24) is 0 Å². The summed E-state index contributed by atoms with van der Waals surface area (Å²) in [4.78, 5) is 0. The summed E-state index contributed by atoms with van der Waals surface area (Å²) in [7, 11) is 2.96. The van der Waals surface area contributed by atoms with Gasteiger partial charge in [0, 0.05) is 6.07 Å². The average Bonchev–Trinajstić information content (AvgIpc) is 2.87. The second-order valence-corrected chi connectivity index (χ2v) is 7.73. The summed E-state index contributed by atoms with van der Waals surface area (Å²) in [6.45, 7) is 8.25. The largest absolute Gasteiger partial charge is 0.497 e. The van der Waals surface area contributed by atoms with Crippen molar-refractivity contribution in [3.05, 3.63) is 53.6 Å². The Kier molecular flexibility index (Phi) is 5.36. The lowest BCUT2D eigenvalue weighted by Crippen LogP contribution is -2.41. The van der Waals surface area contributed by atoms with Crippen LogP contribution in [0.4, 0.5) is 0 Å². The number of ether oxygens (including phenoxy) is 2. The van der Waals surface area contributed by atoms with Gasteiger partial charge in [-0.2, -0.15) is 0 Å². The zero-order valence-corrected chi connectivity index (χ0v) is 16.9. The topological polar surface area (TPSA) is 36.9 Å². The van der Waals surface area contributed by atoms with Gasteiger partial charge < -0.3 is 18.8 Å². The molecule has 3 rings (SSSR count). The molecule has 0 amide bonds. The van der Waals surface area contributed by atoms with Gasteiger partial charge in [0.05, 0.1) is 25.4 Å². The van der Waals surface area contributed by atoms with Crippen LogP contribution in [0.3, 0.4) is 0 Å². The van der Waals surface area contributed by atoms with E-state index in [0.717, 1.165) is 28.1 Å². The van der Waals surface area contributed by atoms with Gasteiger partial charge in [-0.25, -0.2) is 0 Å². The van der Waals surface area contributed by atoms with Crippen LogP contribution in [0.1, 0.15) is 38.8 Å². The van der Waals surface area contributed by atoms with Crippen LogP contribution in [0.25, 0.3) is 12.2 Å². The summed E-state index contributed by atoms with van der Waals surface area (Å²) in [6.07, 6.45) is 4.09. The predicted octanol–water partition coefficient (Wildman–Crippen LogP) is 4.17. The third kappa shape index (κ3) is 4.20. The Morgan fingerprint density at radius 1 is 0.741 bits per heavy atom. The Morgan fingerprint density at radius 3 is 1.70 bits per heavy atom. The van der Waals surface area contributed by atoms with Gasteiger partial charge in [-0.05, 0) is 56.4 Å². The van der Waals surface area contributed by atoms with Gasteiger partial charge in [0.1, 0.15) is 11.5 Å². The van der Waals surface area contributed by atoms with Crippen molar-refractivity contribution in [2.45, 2.75) is 38.9 Å². The number of methoxy groups -OCH3 is 2. The minimum absolute atomic E-state index is 0.332. The van der Waals surface area contributed by atoms with Crippen LogP contribution in [0.2, 0.25) is 0 Å². The highest BCUT2D eigenvalue weighted by Gasteiger charge is 2.51. The quantitative estimate of drug-likeness (QED) is 0.588. The molecule has 0 spiro atoms. The van der Waals surface area contributed by atoms with Crippen LogP contribution in [-0.2, 0) is 9.31 Å². The number of hydrogen-bond donors (Lipinski definition) is 0. The van der Waals surface area contributed by atoms with Crippen molar-refractivity contribution in [3.63, 3.8) is 0 Å². The molecule has 0 N–H and O–H groups in total. The molecular weight excluding hydrogens is 339 g/mol. The molecule has 27 heavy (non-hydrogen) atoms. The van der Waals surface area contributed by atoms with Crippen LogP contribution in [0, 0.1) is 0 Å². The minimum atomic E-state index is -0.337. The Labute approximate surface area is 162 Å². The maximum absolute atomic E-state index is 6.10. The molecule has 0 saturated carbocycles. The van der Waals surface area contributed by atoms with Gasteiger partial charge >= 0.3 is 7.12 Å². The van der Waals surface area contributed by atoms with E-state index in [9.17, 15) is 0 Å². The molecule has 0 bridgehead atoms. The molecule has 5 heteroatoms. The fourth-order valence-corrected chi connectivity index (χ4v) is 2.86. The van der Waals surface area contributed by atoms with Crippen LogP contribution < -0.4 is 14.9 Å². The second-order valence-electron chi connectivity index (χ2n) is 7.73. The molecule has 142 valence electrons. The number of benzene rings is 2. The van der Waals surface area contributed by atoms with E-state index in [1.807, 2.05) is 36.4 Å². The Morgan fingerprint density at radius 2 is 1.22 bits per heavy atom. The highest BCUT2D eigenvalue weighted by molar-refractivity contribution is 6.62. The standard InChI is InChI=1S/C22H27BO4/c1-21(2)22(3,4)27-23(26-21)18-11-9-16(10-12-18)7-8-17-13-19(24-5)15-20(14-17)25-6/h7-15H,1-6H3/b8-7-. The van der Waals surface area contributed by atoms with Crippen LogP contribution in [0.5, 0.6) is 11.5 Å². The van der Waals surface area contributed by atoms with Gasteiger partial charge in [-0.3, -0.25) is 0 Å². The fraction of sp³-hybridized carbons (Fsp3) is 0.364. The zero-order valence-electron chi connectivity index (χ0n) is 16.9. The lowest BCUT2D eigenvalue weighted by atomic mass is 9.79. The maximum Gasteiger partial charge on any atom is 0.494 e. The molecule has 0 atom stereocenters. The highest BCUT2D eigenvalue weighted by atomic mass is 16.7. The van der Waals surface area contributed by atoms with Gasteiger partial charge in [0.2, 0.25) is 0 Å². The molecule has 2 aromatic rings. The molecule has 4 nitrogen and oxygen atoms in total. The molecule has 1 aliphatic heterocycles. The van der Waals surface area contributed by atoms with Gasteiger partial charge in [0.15, 0.2) is 0 Å². The first kappa shape index (κ1) is 19.5. The molecule has 1 heterocycles. The summed E-state index contributed by atoms with van der Waals surface area (Å²) in [6, 6.07) is 14.0. The highest BCUT2D eigenvalue weighted by Crippen LogP contribution is 2.36. The van der Waals surface area contributed by atoms with E-state index in [0.29, 0.717) is 0 Å². The van der Waals surface area contributed by atoms with Gasteiger partial charge in [-0.15, -0.1) is 0 Å². The third-order valence-corrected chi connectivity index (χ3v) is 5.30. The van der Waals surface area contributed by atoms with E-state index in [4.69, 9.17) is 18.8 Å². The van der Waals surface area contributed by atoms with Crippen molar-refractivity contribution in [3.8, 4) is 11.5 Å². The predicted molar refractivity (Wildman–Crippen MR) is 111 cm³/mol. The summed E-state index contributed by atoms with van der Waals surface area (Å²) in [5.41, 5.74) is 2.47. The van der Waals surface area contributed by atoms with Crippen molar-refractivity contribution >= 4 is 24.7 Å². The van der Waals surface area contributed by atoms with Crippen molar-refractivity contribution < 1.29 is 18.8 Å². The summed E-state index contributed by atoms with van der Waals surface area (Å²) >= 11 is 0. The zero-order chi connectivity index (χ0) is 19.7. The van der Waals surface area contributed by atoms with Crippen molar-refractivity contribution in [1.29, 1.82) is 0 Å². The molecular formula is C22H27BO4. The van der Waals surface area contributed by atoms with E-state index in [-0.39, 0.29) is 18.3 Å². The smallest absolute Gasteiger partial charge is 0.494 e. The third-order valence-electron chi connectivity index (χ3n) is 5.30. The lowest BCUT2D eigenvalue weighted by molar-refractivity contribution is 0.00578. The van der Waals surface area contributed by atoms with Gasteiger partial charge in [-0.1, -0.05) is 36.4 Å². The first-order valence-corrected chi connectivity index (χ1v) is 9.11. The van der Waals surface area contributed by atoms with E-state index in [1.165, 1.54) is 0 Å².